The molecule has 0 radical (unpaired) electrons. The fourth-order valence-electron chi connectivity index (χ4n) is 1.56. The zero-order chi connectivity index (χ0) is 25.3. The third kappa shape index (κ3) is 6.64. The summed E-state index contributed by atoms with van der Waals surface area (Å²) in [5.74, 6) is -2.27. The zero-order valence-corrected chi connectivity index (χ0v) is 15.5. The zero-order valence-electron chi connectivity index (χ0n) is 15.5. The van der Waals surface area contributed by atoms with Crippen LogP contribution < -0.4 is 10.6 Å². The minimum atomic E-state index is -6.37. The molecule has 1 heterocycles. The molecule has 1 aromatic heterocycles. The Balaban J connectivity index is 3.53. The van der Waals surface area contributed by atoms with Crippen molar-refractivity contribution >= 4 is 11.9 Å². The standard InChI is InChI=1S/C14H11F12N5O/c1-5(11(15,16)17)27-8-29-7(30-9(31-8)28-6(2)12(18,19)20)3-4-10(32,13(21,22)23)14(24,25)26/h5-6,32H,1-2H3,(H2,27,28,29,30,31)/t5-,6-/m1/s1. The molecule has 0 aromatic carbocycles. The van der Waals surface area contributed by atoms with Gasteiger partial charge in [0.1, 0.15) is 12.1 Å². The van der Waals surface area contributed by atoms with Gasteiger partial charge in [0, 0.05) is 0 Å². The minimum absolute atomic E-state index is 0.417. The summed E-state index contributed by atoms with van der Waals surface area (Å²) < 4.78 is 152. The number of hydrogen-bond acceptors (Lipinski definition) is 6. The Morgan fingerprint density at radius 3 is 1.31 bits per heavy atom. The number of aliphatic hydroxyl groups is 1. The summed E-state index contributed by atoms with van der Waals surface area (Å²) in [6, 6.07) is -4.89. The maximum atomic E-state index is 12.7. The summed E-state index contributed by atoms with van der Waals surface area (Å²) in [6.07, 6.45) is -22.6. The van der Waals surface area contributed by atoms with E-state index < -0.39 is 60.1 Å². The fraction of sp³-hybridized carbons (Fsp3) is 0.643. The maximum absolute atomic E-state index is 12.7. The Morgan fingerprint density at radius 2 is 1.03 bits per heavy atom. The van der Waals surface area contributed by atoms with Gasteiger partial charge in [0.15, 0.2) is 0 Å². The molecule has 0 aliphatic heterocycles. The van der Waals surface area contributed by atoms with E-state index in [1.165, 1.54) is 0 Å². The van der Waals surface area contributed by atoms with Crippen LogP contribution in [0.3, 0.4) is 0 Å². The lowest BCUT2D eigenvalue weighted by Crippen LogP contribution is -2.55. The third-order valence-corrected chi connectivity index (χ3v) is 3.48. The van der Waals surface area contributed by atoms with Gasteiger partial charge in [0.25, 0.3) is 0 Å². The van der Waals surface area contributed by atoms with Crippen LogP contribution in [0.5, 0.6) is 0 Å². The van der Waals surface area contributed by atoms with Crippen LogP contribution in [-0.4, -0.2) is 62.4 Å². The molecule has 6 nitrogen and oxygen atoms in total. The second kappa shape index (κ2) is 8.67. The monoisotopic (exact) mass is 493 g/mol. The topological polar surface area (TPSA) is 83.0 Å². The van der Waals surface area contributed by atoms with Crippen LogP contribution in [0.2, 0.25) is 0 Å². The molecule has 0 aliphatic rings. The molecular formula is C14H11F12N5O. The van der Waals surface area contributed by atoms with Crippen molar-refractivity contribution in [2.75, 3.05) is 10.6 Å². The lowest BCUT2D eigenvalue weighted by Gasteiger charge is -2.27. The largest absolute Gasteiger partial charge is 0.438 e. The minimum Gasteiger partial charge on any atom is -0.363 e. The molecular weight excluding hydrogens is 482 g/mol. The van der Waals surface area contributed by atoms with E-state index >= 15 is 0 Å². The van der Waals surface area contributed by atoms with Gasteiger partial charge < -0.3 is 15.7 Å². The Kier molecular flexibility index (Phi) is 7.40. The Labute approximate surface area is 170 Å². The molecule has 1 rings (SSSR count). The number of nitrogens with zero attached hydrogens (tertiary/aromatic N) is 3. The Hall–Kier alpha value is -2.71. The highest BCUT2D eigenvalue weighted by atomic mass is 19.4. The van der Waals surface area contributed by atoms with E-state index in [4.69, 9.17) is 5.11 Å². The maximum Gasteiger partial charge on any atom is 0.438 e. The molecule has 0 aliphatic carbocycles. The summed E-state index contributed by atoms with van der Waals surface area (Å²) in [5, 5.41) is 12.1. The van der Waals surface area contributed by atoms with Crippen molar-refractivity contribution in [1.29, 1.82) is 0 Å². The SMILES string of the molecule is C[C@@H](Nc1nc(C#CC(O)(C(F)(F)F)C(F)(F)F)nc(N[C@H](C)C(F)(F)F)n1)C(F)(F)F. The molecule has 0 unspecified atom stereocenters. The van der Waals surface area contributed by atoms with Gasteiger partial charge >= 0.3 is 30.3 Å². The van der Waals surface area contributed by atoms with Gasteiger partial charge in [-0.3, -0.25) is 0 Å². The number of rotatable bonds is 4. The first-order chi connectivity index (χ1) is 14.1. The molecule has 1 aromatic rings. The van der Waals surface area contributed by atoms with Gasteiger partial charge in [-0.25, -0.2) is 0 Å². The van der Waals surface area contributed by atoms with E-state index in [0.29, 0.717) is 19.8 Å². The number of nitrogens with one attached hydrogen (secondary N) is 2. The molecule has 32 heavy (non-hydrogen) atoms. The Morgan fingerprint density at radius 1 is 0.688 bits per heavy atom. The Bertz CT molecular complexity index is 810. The summed E-state index contributed by atoms with van der Waals surface area (Å²) >= 11 is 0. The molecule has 0 saturated carbocycles. The van der Waals surface area contributed by atoms with Crippen molar-refractivity contribution in [3.63, 3.8) is 0 Å². The average molecular weight is 493 g/mol. The van der Waals surface area contributed by atoms with Crippen LogP contribution in [0, 0.1) is 11.8 Å². The van der Waals surface area contributed by atoms with E-state index in [1.54, 1.807) is 10.6 Å². The van der Waals surface area contributed by atoms with Crippen LogP contribution in [0.4, 0.5) is 64.6 Å². The summed E-state index contributed by atoms with van der Waals surface area (Å²) in [7, 11) is 0. The van der Waals surface area contributed by atoms with Crippen LogP contribution in [-0.2, 0) is 0 Å². The predicted octanol–water partition coefficient (Wildman–Crippen LogP) is 3.80. The van der Waals surface area contributed by atoms with Gasteiger partial charge in [-0.05, 0) is 25.7 Å². The molecule has 182 valence electrons. The average Bonchev–Trinajstić information content (AvgIpc) is 2.55. The highest BCUT2D eigenvalue weighted by Gasteiger charge is 2.70. The molecule has 0 spiro atoms. The normalized spacial score (nSPS) is 15.5. The van der Waals surface area contributed by atoms with Gasteiger partial charge in [-0.15, -0.1) is 0 Å². The third-order valence-electron chi connectivity index (χ3n) is 3.48. The van der Waals surface area contributed by atoms with Gasteiger partial charge in [-0.2, -0.15) is 67.6 Å². The first-order valence-corrected chi connectivity index (χ1v) is 7.89. The molecule has 0 bridgehead atoms. The lowest BCUT2D eigenvalue weighted by molar-refractivity contribution is -0.343. The molecule has 0 fully saturated rings. The van der Waals surface area contributed by atoms with E-state index in [1.807, 2.05) is 0 Å². The van der Waals surface area contributed by atoms with Crippen LogP contribution in [0.25, 0.3) is 0 Å². The van der Waals surface area contributed by atoms with Crippen molar-refractivity contribution in [2.24, 2.45) is 0 Å². The lowest BCUT2D eigenvalue weighted by atomic mass is 10.0. The smallest absolute Gasteiger partial charge is 0.363 e. The first kappa shape index (κ1) is 27.3. The summed E-state index contributed by atoms with van der Waals surface area (Å²) in [6.45, 7) is 1.01. The number of alkyl halides is 12. The highest BCUT2D eigenvalue weighted by Crippen LogP contribution is 2.42. The molecule has 18 heteroatoms. The van der Waals surface area contributed by atoms with E-state index in [0.717, 1.165) is 5.92 Å². The second-order valence-corrected chi connectivity index (χ2v) is 6.08. The number of halogens is 12. The first-order valence-electron chi connectivity index (χ1n) is 7.89. The van der Waals surface area contributed by atoms with Crippen molar-refractivity contribution in [2.45, 2.75) is 56.2 Å². The summed E-state index contributed by atoms with van der Waals surface area (Å²) in [4.78, 5) is 9.26. The van der Waals surface area contributed by atoms with Crippen molar-refractivity contribution in [1.82, 2.24) is 15.0 Å². The molecule has 2 atom stereocenters. The van der Waals surface area contributed by atoms with Crippen LogP contribution in [0.1, 0.15) is 19.7 Å². The van der Waals surface area contributed by atoms with Crippen LogP contribution in [0.15, 0.2) is 0 Å². The van der Waals surface area contributed by atoms with Crippen LogP contribution >= 0.6 is 0 Å². The highest BCUT2D eigenvalue weighted by molar-refractivity contribution is 5.41. The van der Waals surface area contributed by atoms with Crippen molar-refractivity contribution < 1.29 is 57.8 Å². The predicted molar refractivity (Wildman–Crippen MR) is 82.0 cm³/mol. The van der Waals surface area contributed by atoms with E-state index in [2.05, 4.69) is 15.0 Å². The molecule has 3 N–H and O–H groups in total. The molecule has 0 saturated heterocycles. The number of anilines is 2. The summed E-state index contributed by atoms with van der Waals surface area (Å²) in [5.41, 5.74) is -5.59. The fourth-order valence-corrected chi connectivity index (χ4v) is 1.56. The molecule has 0 amide bonds. The second-order valence-electron chi connectivity index (χ2n) is 6.08. The van der Waals surface area contributed by atoms with Gasteiger partial charge in [-0.1, -0.05) is 0 Å². The van der Waals surface area contributed by atoms with E-state index in [9.17, 15) is 52.7 Å². The number of aromatic nitrogens is 3. The van der Waals surface area contributed by atoms with Crippen molar-refractivity contribution in [3.8, 4) is 11.8 Å². The quantitative estimate of drug-likeness (QED) is 0.438. The van der Waals surface area contributed by atoms with Gasteiger partial charge in [0.05, 0.1) is 0 Å². The number of hydrogen-bond donors (Lipinski definition) is 3. The van der Waals surface area contributed by atoms with E-state index in [-0.39, 0.29) is 0 Å². The van der Waals surface area contributed by atoms with Crippen molar-refractivity contribution in [3.05, 3.63) is 5.82 Å². The van der Waals surface area contributed by atoms with Gasteiger partial charge in [0.2, 0.25) is 17.7 Å².